The first kappa shape index (κ1) is 9.96. The summed E-state index contributed by atoms with van der Waals surface area (Å²) in [4.78, 5) is 2.22. The molecule has 0 aromatic carbocycles. The molecule has 2 N–H and O–H groups in total. The molecule has 1 aliphatic rings. The molecular formula is C9H21N3. The van der Waals surface area contributed by atoms with Crippen molar-refractivity contribution in [1.82, 2.24) is 15.5 Å². The maximum Gasteiger partial charge on any atom is 0.0207 e. The Morgan fingerprint density at radius 1 is 1.58 bits per heavy atom. The van der Waals surface area contributed by atoms with E-state index >= 15 is 0 Å². The van der Waals surface area contributed by atoms with Gasteiger partial charge in [0.1, 0.15) is 0 Å². The lowest BCUT2D eigenvalue weighted by Gasteiger charge is -2.21. The second-order valence-corrected chi connectivity index (χ2v) is 4.02. The maximum absolute atomic E-state index is 3.61. The van der Waals surface area contributed by atoms with Gasteiger partial charge < -0.3 is 15.5 Å². The Bertz CT molecular complexity index is 119. The van der Waals surface area contributed by atoms with Gasteiger partial charge in [-0.3, -0.25) is 0 Å². The average Bonchev–Trinajstić information content (AvgIpc) is 2.37. The van der Waals surface area contributed by atoms with Crippen LogP contribution in [0.4, 0.5) is 0 Å². The molecular weight excluding hydrogens is 150 g/mol. The zero-order valence-corrected chi connectivity index (χ0v) is 8.43. The molecule has 0 aromatic rings. The van der Waals surface area contributed by atoms with Gasteiger partial charge in [-0.15, -0.1) is 0 Å². The Morgan fingerprint density at radius 2 is 2.33 bits per heavy atom. The van der Waals surface area contributed by atoms with E-state index in [-0.39, 0.29) is 0 Å². The third-order valence-corrected chi connectivity index (χ3v) is 2.22. The highest BCUT2D eigenvalue weighted by atomic mass is 15.1. The molecule has 0 bridgehead atoms. The van der Waals surface area contributed by atoms with E-state index in [1.807, 2.05) is 0 Å². The number of likely N-dealkylation sites (N-methyl/N-ethyl adjacent to an activating group) is 1. The minimum atomic E-state index is 0.602. The van der Waals surface area contributed by atoms with Crippen LogP contribution in [0.1, 0.15) is 13.3 Å². The van der Waals surface area contributed by atoms with E-state index in [0.29, 0.717) is 12.1 Å². The largest absolute Gasteiger partial charge is 0.315 e. The second-order valence-electron chi connectivity index (χ2n) is 4.02. The van der Waals surface area contributed by atoms with Crippen LogP contribution in [0, 0.1) is 0 Å². The van der Waals surface area contributed by atoms with Crippen LogP contribution in [0.3, 0.4) is 0 Å². The van der Waals surface area contributed by atoms with Crippen molar-refractivity contribution >= 4 is 0 Å². The van der Waals surface area contributed by atoms with Gasteiger partial charge >= 0.3 is 0 Å². The summed E-state index contributed by atoms with van der Waals surface area (Å²) in [5.41, 5.74) is 0. The fourth-order valence-electron chi connectivity index (χ4n) is 1.80. The van der Waals surface area contributed by atoms with Crippen LogP contribution >= 0.6 is 0 Å². The Balaban J connectivity index is 2.11. The Hall–Kier alpha value is -0.120. The predicted molar refractivity (Wildman–Crippen MR) is 52.4 cm³/mol. The van der Waals surface area contributed by atoms with Crippen LogP contribution in [0.25, 0.3) is 0 Å². The molecule has 0 radical (unpaired) electrons. The van der Waals surface area contributed by atoms with Crippen molar-refractivity contribution in [2.45, 2.75) is 25.4 Å². The zero-order valence-electron chi connectivity index (χ0n) is 8.43. The van der Waals surface area contributed by atoms with E-state index < -0.39 is 0 Å². The molecule has 3 nitrogen and oxygen atoms in total. The molecule has 0 spiro atoms. The number of rotatable bonds is 4. The third kappa shape index (κ3) is 3.52. The van der Waals surface area contributed by atoms with Crippen molar-refractivity contribution in [1.29, 1.82) is 0 Å². The Labute approximate surface area is 75.5 Å². The van der Waals surface area contributed by atoms with Gasteiger partial charge in [-0.25, -0.2) is 0 Å². The highest BCUT2D eigenvalue weighted by Crippen LogP contribution is 1.98. The van der Waals surface area contributed by atoms with E-state index in [1.165, 1.54) is 13.0 Å². The second kappa shape index (κ2) is 4.80. The number of hydrogen-bond acceptors (Lipinski definition) is 3. The van der Waals surface area contributed by atoms with Gasteiger partial charge in [0, 0.05) is 25.2 Å². The van der Waals surface area contributed by atoms with Gasteiger partial charge in [-0.1, -0.05) is 0 Å². The van der Waals surface area contributed by atoms with Gasteiger partial charge in [0.25, 0.3) is 0 Å². The highest BCUT2D eigenvalue weighted by Gasteiger charge is 2.16. The van der Waals surface area contributed by atoms with Crippen LogP contribution in [-0.4, -0.2) is 50.7 Å². The topological polar surface area (TPSA) is 27.3 Å². The first-order valence-electron chi connectivity index (χ1n) is 4.80. The summed E-state index contributed by atoms with van der Waals surface area (Å²) in [5.74, 6) is 0. The van der Waals surface area contributed by atoms with Crippen molar-refractivity contribution in [2.24, 2.45) is 0 Å². The van der Waals surface area contributed by atoms with Gasteiger partial charge in [0.15, 0.2) is 0 Å². The Kier molecular flexibility index (Phi) is 3.98. The van der Waals surface area contributed by atoms with Gasteiger partial charge in [0.05, 0.1) is 0 Å². The van der Waals surface area contributed by atoms with Crippen molar-refractivity contribution < 1.29 is 0 Å². The summed E-state index contributed by atoms with van der Waals surface area (Å²) < 4.78 is 0. The van der Waals surface area contributed by atoms with Gasteiger partial charge in [0.2, 0.25) is 0 Å². The molecule has 1 aliphatic heterocycles. The normalized spacial score (nSPS) is 26.5. The van der Waals surface area contributed by atoms with Crippen molar-refractivity contribution in [3.8, 4) is 0 Å². The standard InChI is InChI=1S/C9H21N3/c1-8(7-12(2)3)11-9-4-5-10-6-9/h8-11H,4-7H2,1-3H3. The lowest BCUT2D eigenvalue weighted by Crippen LogP contribution is -2.42. The summed E-state index contributed by atoms with van der Waals surface area (Å²) in [6.07, 6.45) is 1.28. The van der Waals surface area contributed by atoms with E-state index in [2.05, 4.69) is 36.6 Å². The Morgan fingerprint density at radius 3 is 2.83 bits per heavy atom. The molecule has 2 unspecified atom stereocenters. The quantitative estimate of drug-likeness (QED) is 0.618. The summed E-state index contributed by atoms with van der Waals surface area (Å²) in [6, 6.07) is 1.30. The van der Waals surface area contributed by atoms with E-state index in [9.17, 15) is 0 Å². The summed E-state index contributed by atoms with van der Waals surface area (Å²) in [6.45, 7) is 5.68. The SMILES string of the molecule is CC(CN(C)C)NC1CCNC1. The smallest absolute Gasteiger partial charge is 0.0207 e. The van der Waals surface area contributed by atoms with Crippen molar-refractivity contribution in [2.75, 3.05) is 33.7 Å². The molecule has 1 rings (SSSR count). The van der Waals surface area contributed by atoms with Crippen LogP contribution < -0.4 is 10.6 Å². The molecule has 3 heteroatoms. The van der Waals surface area contributed by atoms with Crippen LogP contribution in [0.2, 0.25) is 0 Å². The molecule has 0 amide bonds. The minimum absolute atomic E-state index is 0.602. The lowest BCUT2D eigenvalue weighted by molar-refractivity contribution is 0.332. The molecule has 1 saturated heterocycles. The van der Waals surface area contributed by atoms with Crippen molar-refractivity contribution in [3.63, 3.8) is 0 Å². The first-order valence-corrected chi connectivity index (χ1v) is 4.80. The van der Waals surface area contributed by atoms with Gasteiger partial charge in [-0.05, 0) is 34.0 Å². The monoisotopic (exact) mass is 171 g/mol. The molecule has 72 valence electrons. The molecule has 1 heterocycles. The molecule has 0 aromatic heterocycles. The molecule has 0 saturated carbocycles. The zero-order chi connectivity index (χ0) is 8.97. The lowest BCUT2D eigenvalue weighted by atomic mass is 10.2. The third-order valence-electron chi connectivity index (χ3n) is 2.22. The van der Waals surface area contributed by atoms with Crippen LogP contribution in [-0.2, 0) is 0 Å². The maximum atomic E-state index is 3.61. The summed E-state index contributed by atoms with van der Waals surface area (Å²) in [5, 5.41) is 6.96. The fourth-order valence-corrected chi connectivity index (χ4v) is 1.80. The number of nitrogens with zero attached hydrogens (tertiary/aromatic N) is 1. The fraction of sp³-hybridized carbons (Fsp3) is 1.00. The molecule has 0 aliphatic carbocycles. The van der Waals surface area contributed by atoms with Crippen LogP contribution in [0.5, 0.6) is 0 Å². The number of hydrogen-bond donors (Lipinski definition) is 2. The molecule has 1 fully saturated rings. The molecule has 2 atom stereocenters. The van der Waals surface area contributed by atoms with Crippen molar-refractivity contribution in [3.05, 3.63) is 0 Å². The highest BCUT2D eigenvalue weighted by molar-refractivity contribution is 4.80. The minimum Gasteiger partial charge on any atom is -0.315 e. The molecule has 12 heavy (non-hydrogen) atoms. The van der Waals surface area contributed by atoms with E-state index in [0.717, 1.165) is 13.1 Å². The summed E-state index contributed by atoms with van der Waals surface area (Å²) >= 11 is 0. The summed E-state index contributed by atoms with van der Waals surface area (Å²) in [7, 11) is 4.23. The van der Waals surface area contributed by atoms with E-state index in [4.69, 9.17) is 0 Å². The first-order chi connectivity index (χ1) is 5.68. The van der Waals surface area contributed by atoms with Gasteiger partial charge in [-0.2, -0.15) is 0 Å². The average molecular weight is 171 g/mol. The number of nitrogens with one attached hydrogen (secondary N) is 2. The van der Waals surface area contributed by atoms with E-state index in [1.54, 1.807) is 0 Å². The predicted octanol–water partition coefficient (Wildman–Crippen LogP) is -0.112. The van der Waals surface area contributed by atoms with Crippen LogP contribution in [0.15, 0.2) is 0 Å².